The number of benzene rings is 1. The standard InChI is InChI=1S/C24H40O4.C7H8N2O2/c1-14(4-7-21(27)28)17-5-6-18-22-19(9-11-24(17,18)3)23(2)10-8-16(25)12-15(23)13-20(22)26;8-4-1-2-6(10)5(3-4)7(9)11/h14-20,22,25-26H,4-13H2,1-3H3,(H,27,28);1-3,10H,8H2,(H2,9,11)/t14-,15?,16-,17-,18+,19+,20-,22+,23+,24-;/m1./s1. The fourth-order valence-electron chi connectivity index (χ4n) is 9.48. The van der Waals surface area contributed by atoms with Crippen LogP contribution in [0.1, 0.15) is 95.3 Å². The predicted molar refractivity (Wildman–Crippen MR) is 150 cm³/mol. The van der Waals surface area contributed by atoms with Crippen LogP contribution >= 0.6 is 0 Å². The molecule has 39 heavy (non-hydrogen) atoms. The van der Waals surface area contributed by atoms with Crippen LogP contribution in [0.4, 0.5) is 5.69 Å². The Balaban J connectivity index is 0.000000270. The van der Waals surface area contributed by atoms with E-state index in [-0.39, 0.29) is 40.8 Å². The monoisotopic (exact) mass is 544 g/mol. The molecular weight excluding hydrogens is 496 g/mol. The molecule has 0 saturated heterocycles. The van der Waals surface area contributed by atoms with Crippen LogP contribution in [-0.2, 0) is 4.79 Å². The number of aliphatic carboxylic acids is 1. The lowest BCUT2D eigenvalue weighted by Gasteiger charge is -2.62. The van der Waals surface area contributed by atoms with E-state index in [4.69, 9.17) is 21.7 Å². The summed E-state index contributed by atoms with van der Waals surface area (Å²) in [5.41, 5.74) is 11.2. The number of hydrogen-bond donors (Lipinski definition) is 6. The van der Waals surface area contributed by atoms with Gasteiger partial charge >= 0.3 is 5.97 Å². The average Bonchev–Trinajstić information content (AvgIpc) is 3.22. The van der Waals surface area contributed by atoms with Crippen molar-refractivity contribution in [1.82, 2.24) is 0 Å². The Labute approximate surface area is 232 Å². The summed E-state index contributed by atoms with van der Waals surface area (Å²) in [4.78, 5) is 21.6. The Morgan fingerprint density at radius 1 is 1.03 bits per heavy atom. The molecule has 5 rings (SSSR count). The molecule has 0 heterocycles. The summed E-state index contributed by atoms with van der Waals surface area (Å²) in [6, 6.07) is 4.15. The fraction of sp³-hybridized carbons (Fsp3) is 0.742. The van der Waals surface area contributed by atoms with Crippen molar-refractivity contribution in [2.75, 3.05) is 5.73 Å². The minimum atomic E-state index is -0.685. The third-order valence-corrected chi connectivity index (χ3v) is 11.5. The molecule has 218 valence electrons. The number of nitrogens with two attached hydrogens (primary N) is 2. The van der Waals surface area contributed by atoms with E-state index in [1.165, 1.54) is 43.9 Å². The average molecular weight is 545 g/mol. The molecule has 1 amide bonds. The van der Waals surface area contributed by atoms with Gasteiger partial charge in [0.15, 0.2) is 0 Å². The number of carbonyl (C=O) groups excluding carboxylic acids is 1. The first-order valence-electron chi connectivity index (χ1n) is 14.7. The quantitative estimate of drug-likeness (QED) is 0.233. The van der Waals surface area contributed by atoms with Crippen molar-refractivity contribution in [3.8, 4) is 5.75 Å². The van der Waals surface area contributed by atoms with Gasteiger partial charge in [-0.25, -0.2) is 0 Å². The van der Waals surface area contributed by atoms with Gasteiger partial charge in [0.1, 0.15) is 5.75 Å². The molecule has 4 fully saturated rings. The molecule has 10 atom stereocenters. The molecule has 8 N–H and O–H groups in total. The van der Waals surface area contributed by atoms with Crippen molar-refractivity contribution in [2.24, 2.45) is 52.1 Å². The molecule has 1 aromatic rings. The summed E-state index contributed by atoms with van der Waals surface area (Å²) in [5, 5.41) is 39.6. The number of carbonyl (C=O) groups is 2. The topological polar surface area (TPSA) is 167 Å². The second-order valence-electron chi connectivity index (χ2n) is 13.5. The minimum Gasteiger partial charge on any atom is -0.507 e. The zero-order chi connectivity index (χ0) is 28.7. The van der Waals surface area contributed by atoms with E-state index in [2.05, 4.69) is 20.8 Å². The van der Waals surface area contributed by atoms with Crippen molar-refractivity contribution in [2.45, 2.75) is 97.2 Å². The largest absolute Gasteiger partial charge is 0.507 e. The van der Waals surface area contributed by atoms with E-state index in [1.54, 1.807) is 0 Å². The zero-order valence-corrected chi connectivity index (χ0v) is 23.7. The van der Waals surface area contributed by atoms with Crippen LogP contribution in [0, 0.1) is 46.3 Å². The smallest absolute Gasteiger partial charge is 0.303 e. The van der Waals surface area contributed by atoms with Gasteiger partial charge in [-0.15, -0.1) is 0 Å². The van der Waals surface area contributed by atoms with E-state index in [9.17, 15) is 19.8 Å². The number of anilines is 1. The van der Waals surface area contributed by atoms with E-state index in [0.717, 1.165) is 32.1 Å². The third-order valence-electron chi connectivity index (χ3n) is 11.5. The summed E-state index contributed by atoms with van der Waals surface area (Å²) >= 11 is 0. The summed E-state index contributed by atoms with van der Waals surface area (Å²) in [6.45, 7) is 7.16. The lowest BCUT2D eigenvalue weighted by Crippen LogP contribution is -2.58. The Morgan fingerprint density at radius 3 is 2.33 bits per heavy atom. The summed E-state index contributed by atoms with van der Waals surface area (Å²) < 4.78 is 0. The van der Waals surface area contributed by atoms with Crippen molar-refractivity contribution in [3.63, 3.8) is 0 Å². The third kappa shape index (κ3) is 5.64. The van der Waals surface area contributed by atoms with E-state index < -0.39 is 11.9 Å². The Kier molecular flexibility index (Phi) is 8.58. The molecule has 1 aromatic carbocycles. The maximum absolute atomic E-state index is 11.2. The maximum atomic E-state index is 11.2. The molecular formula is C31H48N2O6. The number of carboxylic acids is 1. The van der Waals surface area contributed by atoms with Gasteiger partial charge in [0, 0.05) is 12.1 Å². The normalized spacial score (nSPS) is 39.8. The van der Waals surface area contributed by atoms with Gasteiger partial charge in [-0.3, -0.25) is 9.59 Å². The first kappa shape index (κ1) is 29.7. The molecule has 1 unspecified atom stereocenters. The van der Waals surface area contributed by atoms with Crippen molar-refractivity contribution < 1.29 is 30.0 Å². The van der Waals surface area contributed by atoms with Crippen LogP contribution in [0.15, 0.2) is 18.2 Å². The van der Waals surface area contributed by atoms with Crippen LogP contribution in [0.3, 0.4) is 0 Å². The molecule has 8 nitrogen and oxygen atoms in total. The summed E-state index contributed by atoms with van der Waals surface area (Å²) in [7, 11) is 0. The number of aliphatic hydroxyl groups is 2. The number of phenols is 1. The van der Waals surface area contributed by atoms with Crippen molar-refractivity contribution in [3.05, 3.63) is 23.8 Å². The molecule has 0 spiro atoms. The number of nitrogen functional groups attached to an aromatic ring is 1. The van der Waals surface area contributed by atoms with Crippen molar-refractivity contribution in [1.29, 1.82) is 0 Å². The van der Waals surface area contributed by atoms with E-state index in [1.807, 2.05) is 0 Å². The highest BCUT2D eigenvalue weighted by molar-refractivity contribution is 5.96. The van der Waals surface area contributed by atoms with Gasteiger partial charge in [-0.05, 0) is 122 Å². The molecule has 4 aliphatic rings. The van der Waals surface area contributed by atoms with Gasteiger partial charge < -0.3 is 31.9 Å². The maximum Gasteiger partial charge on any atom is 0.303 e. The second-order valence-corrected chi connectivity index (χ2v) is 13.5. The number of aromatic hydroxyl groups is 1. The van der Waals surface area contributed by atoms with Crippen LogP contribution < -0.4 is 11.5 Å². The first-order valence-corrected chi connectivity index (χ1v) is 14.7. The highest BCUT2D eigenvalue weighted by Gasteiger charge is 2.62. The fourth-order valence-corrected chi connectivity index (χ4v) is 9.48. The van der Waals surface area contributed by atoms with Gasteiger partial charge in [-0.1, -0.05) is 20.8 Å². The number of aliphatic hydroxyl groups excluding tert-OH is 2. The highest BCUT2D eigenvalue weighted by atomic mass is 16.4. The van der Waals surface area contributed by atoms with Gasteiger partial charge in [0.25, 0.3) is 5.91 Å². The molecule has 8 heteroatoms. The minimum absolute atomic E-state index is 0.0463. The van der Waals surface area contributed by atoms with Crippen molar-refractivity contribution >= 4 is 17.6 Å². The highest BCUT2D eigenvalue weighted by Crippen LogP contribution is 2.68. The zero-order valence-electron chi connectivity index (χ0n) is 23.7. The second kappa shape index (κ2) is 11.3. The summed E-state index contributed by atoms with van der Waals surface area (Å²) in [6.07, 6.45) is 9.19. The number of hydrogen-bond acceptors (Lipinski definition) is 6. The Bertz CT molecular complexity index is 1060. The van der Waals surface area contributed by atoms with E-state index in [0.29, 0.717) is 41.2 Å². The number of amides is 1. The van der Waals surface area contributed by atoms with Crippen LogP contribution in [0.25, 0.3) is 0 Å². The molecule has 4 aliphatic carbocycles. The van der Waals surface area contributed by atoms with Crippen LogP contribution in [0.5, 0.6) is 5.75 Å². The number of rotatable bonds is 5. The molecule has 0 aliphatic heterocycles. The lowest BCUT2D eigenvalue weighted by atomic mass is 9.43. The van der Waals surface area contributed by atoms with Gasteiger partial charge in [0.2, 0.25) is 0 Å². The van der Waals surface area contributed by atoms with Gasteiger partial charge in [0.05, 0.1) is 17.8 Å². The van der Waals surface area contributed by atoms with Crippen LogP contribution in [0.2, 0.25) is 0 Å². The van der Waals surface area contributed by atoms with Crippen LogP contribution in [-0.4, -0.2) is 44.5 Å². The number of carboxylic acid groups (broad SMARTS) is 1. The molecule has 0 aromatic heterocycles. The molecule has 0 bridgehead atoms. The SMILES string of the molecule is C[C@H](CCC(=O)O)[C@H]1CC[C@H]2[C@@H]3[C@H](O)CC4C[C@H](O)CC[C@]4(C)[C@H]3CC[C@]12C.NC(=O)c1cc(N)ccc1O. The Morgan fingerprint density at radius 2 is 1.69 bits per heavy atom. The molecule has 0 radical (unpaired) electrons. The number of fused-ring (bicyclic) bond motifs is 5. The predicted octanol–water partition coefficient (Wildman–Crippen LogP) is 4.55. The number of primary amides is 1. The molecule has 4 saturated carbocycles. The summed E-state index contributed by atoms with van der Waals surface area (Å²) in [5.74, 6) is 1.52. The van der Waals surface area contributed by atoms with E-state index >= 15 is 0 Å². The first-order chi connectivity index (χ1) is 18.3. The van der Waals surface area contributed by atoms with Gasteiger partial charge in [-0.2, -0.15) is 0 Å². The lowest BCUT2D eigenvalue weighted by molar-refractivity contribution is -0.174. The Hall–Kier alpha value is -2.32.